The molecule has 3 rings (SSSR count). The van der Waals surface area contributed by atoms with Crippen LogP contribution in [0, 0.1) is 0 Å². The predicted octanol–water partition coefficient (Wildman–Crippen LogP) is 3.45. The second-order valence-electron chi connectivity index (χ2n) is 5.86. The van der Waals surface area contributed by atoms with Gasteiger partial charge in [0.05, 0.1) is 18.1 Å². The minimum atomic E-state index is -0.0321. The number of hydrogen-bond donors (Lipinski definition) is 2. The molecule has 0 saturated heterocycles. The van der Waals surface area contributed by atoms with E-state index < -0.39 is 0 Å². The third-order valence-electron chi connectivity index (χ3n) is 3.78. The minimum absolute atomic E-state index is 0.0260. The van der Waals surface area contributed by atoms with Gasteiger partial charge in [0, 0.05) is 19.4 Å². The first-order chi connectivity index (χ1) is 11.5. The summed E-state index contributed by atoms with van der Waals surface area (Å²) in [5, 5.41) is 6.67. The largest absolute Gasteiger partial charge is 0.493 e. The molecule has 6 nitrogen and oxygen atoms in total. The van der Waals surface area contributed by atoms with Crippen molar-refractivity contribution in [1.82, 2.24) is 4.98 Å². The van der Waals surface area contributed by atoms with E-state index in [4.69, 9.17) is 9.47 Å². The molecule has 2 aromatic rings. The molecule has 0 radical (unpaired) electrons. The van der Waals surface area contributed by atoms with Crippen molar-refractivity contribution in [3.8, 4) is 11.5 Å². The topological polar surface area (TPSA) is 72.5 Å². The van der Waals surface area contributed by atoms with Crippen LogP contribution in [0.15, 0.2) is 18.2 Å². The number of nitrogens with zero attached hydrogens (tertiary/aromatic N) is 1. The summed E-state index contributed by atoms with van der Waals surface area (Å²) in [7, 11) is 3.44. The Morgan fingerprint density at radius 3 is 2.83 bits per heavy atom. The highest BCUT2D eigenvalue weighted by Gasteiger charge is 2.30. The van der Waals surface area contributed by atoms with Crippen LogP contribution in [0.5, 0.6) is 11.5 Å². The number of aromatic nitrogens is 1. The van der Waals surface area contributed by atoms with E-state index in [0.717, 1.165) is 15.6 Å². The number of thiazole rings is 1. The lowest BCUT2D eigenvalue weighted by Crippen LogP contribution is -2.22. The number of methoxy groups -OCH3 is 1. The van der Waals surface area contributed by atoms with Gasteiger partial charge in [-0.15, -0.1) is 0 Å². The number of carbonyl (C=O) groups is 1. The molecule has 1 aromatic carbocycles. The second-order valence-corrected chi connectivity index (χ2v) is 6.89. The number of nitrogens with one attached hydrogen (secondary N) is 2. The van der Waals surface area contributed by atoms with Gasteiger partial charge in [0.25, 0.3) is 0 Å². The van der Waals surface area contributed by atoms with Gasteiger partial charge in [0.1, 0.15) is 5.82 Å². The lowest BCUT2D eigenvalue weighted by atomic mass is 9.91. The number of amides is 1. The number of hydrogen-bond acceptors (Lipinski definition) is 6. The summed E-state index contributed by atoms with van der Waals surface area (Å²) in [4.78, 5) is 17.5. The lowest BCUT2D eigenvalue weighted by Gasteiger charge is -2.23. The number of carbonyl (C=O) groups excluding carboxylic acids is 1. The Morgan fingerprint density at radius 1 is 1.38 bits per heavy atom. The Morgan fingerprint density at radius 2 is 2.17 bits per heavy atom. The second kappa shape index (κ2) is 6.68. The van der Waals surface area contributed by atoms with Gasteiger partial charge < -0.3 is 20.1 Å². The first-order valence-corrected chi connectivity index (χ1v) is 8.66. The molecule has 0 spiro atoms. The molecule has 128 valence electrons. The maximum absolute atomic E-state index is 12.1. The van der Waals surface area contributed by atoms with Gasteiger partial charge in [-0.1, -0.05) is 17.4 Å². The molecule has 0 saturated carbocycles. The van der Waals surface area contributed by atoms with Crippen molar-refractivity contribution in [2.24, 2.45) is 0 Å². The van der Waals surface area contributed by atoms with Crippen molar-refractivity contribution >= 4 is 28.2 Å². The van der Waals surface area contributed by atoms with E-state index in [9.17, 15) is 4.79 Å². The smallest absolute Gasteiger partial charge is 0.226 e. The van der Waals surface area contributed by atoms with Crippen LogP contribution in [0.2, 0.25) is 0 Å². The molecule has 7 heteroatoms. The van der Waals surface area contributed by atoms with Gasteiger partial charge in [-0.2, -0.15) is 0 Å². The van der Waals surface area contributed by atoms with Crippen LogP contribution in [-0.4, -0.2) is 31.2 Å². The monoisotopic (exact) mass is 347 g/mol. The highest BCUT2D eigenvalue weighted by molar-refractivity contribution is 7.16. The van der Waals surface area contributed by atoms with Crippen LogP contribution in [0.1, 0.15) is 36.6 Å². The molecule has 1 unspecified atom stereocenters. The van der Waals surface area contributed by atoms with Crippen LogP contribution in [0.3, 0.4) is 0 Å². The molecule has 1 atom stereocenters. The standard InChI is InChI=1S/C17H21N3O3S/c1-9(2)23-12-6-5-10(7-13(12)22-4)11-8-14(21)19-16-15(11)24-17(18-3)20-16/h5-7,9,11H,8H2,1-4H3,(H,18,20)(H,19,21). The molecular weight excluding hydrogens is 326 g/mol. The highest BCUT2D eigenvalue weighted by Crippen LogP contribution is 2.43. The molecule has 24 heavy (non-hydrogen) atoms. The summed E-state index contributed by atoms with van der Waals surface area (Å²) in [6.45, 7) is 3.95. The van der Waals surface area contributed by atoms with E-state index in [0.29, 0.717) is 23.7 Å². The van der Waals surface area contributed by atoms with Crippen LogP contribution in [0.4, 0.5) is 10.9 Å². The maximum atomic E-state index is 12.1. The average molecular weight is 347 g/mol. The van der Waals surface area contributed by atoms with Crippen molar-refractivity contribution in [3.05, 3.63) is 28.6 Å². The number of anilines is 2. The van der Waals surface area contributed by atoms with Crippen LogP contribution >= 0.6 is 11.3 Å². The van der Waals surface area contributed by atoms with Gasteiger partial charge in [-0.3, -0.25) is 4.79 Å². The fourth-order valence-corrected chi connectivity index (χ4v) is 3.75. The SMILES string of the molecule is CNc1nc2c(s1)C(c1ccc(OC(C)C)c(OC)c1)CC(=O)N2. The maximum Gasteiger partial charge on any atom is 0.226 e. The predicted molar refractivity (Wildman–Crippen MR) is 95.5 cm³/mol. The third-order valence-corrected chi connectivity index (χ3v) is 4.97. The van der Waals surface area contributed by atoms with E-state index >= 15 is 0 Å². The van der Waals surface area contributed by atoms with E-state index in [-0.39, 0.29) is 17.9 Å². The number of ether oxygens (including phenoxy) is 2. The molecule has 1 aromatic heterocycles. The van der Waals surface area contributed by atoms with E-state index in [1.165, 1.54) is 0 Å². The van der Waals surface area contributed by atoms with Gasteiger partial charge in [-0.05, 0) is 31.5 Å². The van der Waals surface area contributed by atoms with Crippen molar-refractivity contribution < 1.29 is 14.3 Å². The summed E-state index contributed by atoms with van der Waals surface area (Å²) < 4.78 is 11.2. The Labute approximate surface area is 145 Å². The summed E-state index contributed by atoms with van der Waals surface area (Å²) in [5.74, 6) is 1.97. The molecule has 1 aliphatic rings. The van der Waals surface area contributed by atoms with E-state index in [1.54, 1.807) is 18.4 Å². The zero-order valence-corrected chi connectivity index (χ0v) is 15.0. The van der Waals surface area contributed by atoms with Crippen molar-refractivity contribution in [2.75, 3.05) is 24.8 Å². The molecule has 0 fully saturated rings. The first kappa shape index (κ1) is 16.6. The van der Waals surface area contributed by atoms with Crippen LogP contribution < -0.4 is 20.1 Å². The summed E-state index contributed by atoms with van der Waals surface area (Å²) in [6.07, 6.45) is 0.461. The Kier molecular flexibility index (Phi) is 4.62. The Hall–Kier alpha value is -2.28. The summed E-state index contributed by atoms with van der Waals surface area (Å²) in [5.41, 5.74) is 1.02. The number of benzene rings is 1. The number of fused-ring (bicyclic) bond motifs is 1. The van der Waals surface area contributed by atoms with Crippen molar-refractivity contribution in [3.63, 3.8) is 0 Å². The number of rotatable bonds is 5. The fourth-order valence-electron chi connectivity index (χ4n) is 2.75. The van der Waals surface area contributed by atoms with E-state index in [2.05, 4.69) is 15.6 Å². The van der Waals surface area contributed by atoms with Gasteiger partial charge in [0.15, 0.2) is 16.6 Å². The highest BCUT2D eigenvalue weighted by atomic mass is 32.1. The van der Waals surface area contributed by atoms with Gasteiger partial charge in [0.2, 0.25) is 5.91 Å². The normalized spacial score (nSPS) is 16.5. The van der Waals surface area contributed by atoms with Crippen molar-refractivity contribution in [1.29, 1.82) is 0 Å². The fraction of sp³-hybridized carbons (Fsp3) is 0.412. The summed E-state index contributed by atoms with van der Waals surface area (Å²) >= 11 is 1.56. The Balaban J connectivity index is 1.99. The Bertz CT molecular complexity index is 758. The molecule has 1 amide bonds. The first-order valence-electron chi connectivity index (χ1n) is 7.84. The zero-order valence-electron chi connectivity index (χ0n) is 14.2. The third kappa shape index (κ3) is 3.17. The van der Waals surface area contributed by atoms with Crippen LogP contribution in [0.25, 0.3) is 0 Å². The van der Waals surface area contributed by atoms with Crippen molar-refractivity contribution in [2.45, 2.75) is 32.3 Å². The van der Waals surface area contributed by atoms with Gasteiger partial charge in [-0.25, -0.2) is 4.98 Å². The molecule has 2 N–H and O–H groups in total. The van der Waals surface area contributed by atoms with Gasteiger partial charge >= 0.3 is 0 Å². The average Bonchev–Trinajstić information content (AvgIpc) is 2.97. The minimum Gasteiger partial charge on any atom is -0.493 e. The molecule has 0 bridgehead atoms. The molecule has 1 aliphatic heterocycles. The molecule has 2 heterocycles. The molecular formula is C17H21N3O3S. The molecule has 0 aliphatic carbocycles. The lowest BCUT2D eigenvalue weighted by molar-refractivity contribution is -0.116. The zero-order chi connectivity index (χ0) is 17.3. The van der Waals surface area contributed by atoms with Crippen LogP contribution in [-0.2, 0) is 4.79 Å². The summed E-state index contributed by atoms with van der Waals surface area (Å²) in [6, 6.07) is 5.84. The van der Waals surface area contributed by atoms with E-state index in [1.807, 2.05) is 39.1 Å². The quantitative estimate of drug-likeness (QED) is 0.867.